The van der Waals surface area contributed by atoms with E-state index in [2.05, 4.69) is 13.8 Å². The van der Waals surface area contributed by atoms with Crippen LogP contribution >= 0.6 is 0 Å². The number of esters is 1. The number of cyclic esters (lactones) is 1. The maximum atomic E-state index is 12.4. The molecule has 1 aliphatic heterocycles. The van der Waals surface area contributed by atoms with Gasteiger partial charge in [0.05, 0.1) is 5.92 Å². The van der Waals surface area contributed by atoms with Crippen molar-refractivity contribution < 1.29 is 14.3 Å². The zero-order chi connectivity index (χ0) is 17.4. The molecule has 1 aromatic carbocycles. The van der Waals surface area contributed by atoms with Gasteiger partial charge in [0.1, 0.15) is 11.6 Å². The molecule has 1 saturated heterocycles. The first-order valence-corrected chi connectivity index (χ1v) is 7.94. The van der Waals surface area contributed by atoms with Crippen molar-refractivity contribution in [2.75, 3.05) is 13.6 Å². The fraction of sp³-hybridized carbons (Fsp3) is 0.556. The Labute approximate surface area is 137 Å². The van der Waals surface area contributed by atoms with Crippen molar-refractivity contribution in [3.8, 4) is 0 Å². The van der Waals surface area contributed by atoms with Crippen molar-refractivity contribution in [1.82, 2.24) is 4.90 Å². The van der Waals surface area contributed by atoms with Crippen LogP contribution in [0.3, 0.4) is 0 Å². The molecule has 1 fully saturated rings. The quantitative estimate of drug-likeness (QED) is 0.862. The van der Waals surface area contributed by atoms with Gasteiger partial charge in [0.15, 0.2) is 0 Å². The summed E-state index contributed by atoms with van der Waals surface area (Å²) in [5.74, 6) is -1.24. The molecule has 2 N–H and O–H groups in total. The van der Waals surface area contributed by atoms with E-state index in [9.17, 15) is 9.59 Å². The lowest BCUT2D eigenvalue weighted by molar-refractivity contribution is -0.178. The number of amides is 1. The van der Waals surface area contributed by atoms with Crippen LogP contribution in [0.5, 0.6) is 0 Å². The van der Waals surface area contributed by atoms with Gasteiger partial charge in [-0.2, -0.15) is 0 Å². The zero-order valence-corrected chi connectivity index (χ0v) is 14.5. The van der Waals surface area contributed by atoms with Gasteiger partial charge in [0.25, 0.3) is 0 Å². The smallest absolute Gasteiger partial charge is 0.325 e. The predicted molar refractivity (Wildman–Crippen MR) is 89.1 cm³/mol. The van der Waals surface area contributed by atoms with Crippen molar-refractivity contribution in [2.45, 2.75) is 51.2 Å². The molecule has 1 aliphatic rings. The summed E-state index contributed by atoms with van der Waals surface area (Å²) in [6, 6.07) is 7.03. The number of benzene rings is 1. The number of primary amides is 1. The van der Waals surface area contributed by atoms with E-state index >= 15 is 0 Å². The van der Waals surface area contributed by atoms with E-state index in [-0.39, 0.29) is 0 Å². The summed E-state index contributed by atoms with van der Waals surface area (Å²) in [6.07, 6.45) is 0. The minimum absolute atomic E-state index is 0.402. The Balaban J connectivity index is 2.35. The van der Waals surface area contributed by atoms with Gasteiger partial charge in [0, 0.05) is 6.54 Å². The van der Waals surface area contributed by atoms with Crippen LogP contribution in [0.25, 0.3) is 0 Å². The monoisotopic (exact) mass is 318 g/mol. The number of carbonyl (C=O) groups excluding carboxylic acids is 2. The zero-order valence-electron chi connectivity index (χ0n) is 14.5. The van der Waals surface area contributed by atoms with Gasteiger partial charge in [-0.25, -0.2) is 0 Å². The summed E-state index contributed by atoms with van der Waals surface area (Å²) in [5.41, 5.74) is 6.98. The van der Waals surface area contributed by atoms with Gasteiger partial charge in [0.2, 0.25) is 5.91 Å². The first-order valence-electron chi connectivity index (χ1n) is 7.94. The van der Waals surface area contributed by atoms with Crippen LogP contribution < -0.4 is 5.73 Å². The predicted octanol–water partition coefficient (Wildman–Crippen LogP) is 2.01. The minimum atomic E-state index is -0.718. The third-order valence-electron chi connectivity index (χ3n) is 4.31. The molecule has 0 aliphatic carbocycles. The highest BCUT2D eigenvalue weighted by molar-refractivity contribution is 5.91. The Morgan fingerprint density at radius 3 is 2.22 bits per heavy atom. The van der Waals surface area contributed by atoms with Crippen molar-refractivity contribution in [2.24, 2.45) is 5.73 Å². The second-order valence-electron chi connectivity index (χ2n) is 7.24. The molecule has 126 valence electrons. The van der Waals surface area contributed by atoms with E-state index in [0.29, 0.717) is 12.5 Å². The van der Waals surface area contributed by atoms with E-state index in [1.54, 1.807) is 0 Å². The van der Waals surface area contributed by atoms with E-state index in [1.807, 2.05) is 50.1 Å². The Bertz CT molecular complexity index is 593. The number of likely N-dealkylation sites (N-methyl/N-ethyl adjacent to an activating group) is 1. The van der Waals surface area contributed by atoms with Crippen molar-refractivity contribution in [3.05, 3.63) is 35.4 Å². The first kappa shape index (κ1) is 17.5. The van der Waals surface area contributed by atoms with Gasteiger partial charge in [-0.1, -0.05) is 38.1 Å². The molecule has 1 aromatic rings. The Morgan fingerprint density at radius 1 is 1.26 bits per heavy atom. The van der Waals surface area contributed by atoms with Gasteiger partial charge >= 0.3 is 5.97 Å². The molecule has 1 heterocycles. The topological polar surface area (TPSA) is 72.6 Å². The number of carbonyl (C=O) groups is 2. The molecule has 0 saturated carbocycles. The molecule has 2 unspecified atom stereocenters. The Morgan fingerprint density at radius 2 is 1.78 bits per heavy atom. The van der Waals surface area contributed by atoms with Crippen LogP contribution in [-0.4, -0.2) is 42.0 Å². The third kappa shape index (κ3) is 3.72. The van der Waals surface area contributed by atoms with Crippen LogP contribution in [0, 0.1) is 0 Å². The molecule has 2 atom stereocenters. The van der Waals surface area contributed by atoms with Gasteiger partial charge in [-0.3, -0.25) is 14.5 Å². The number of hydrogen-bond donors (Lipinski definition) is 1. The number of hydrogen-bond acceptors (Lipinski definition) is 4. The van der Waals surface area contributed by atoms with Crippen LogP contribution in [0.4, 0.5) is 0 Å². The van der Waals surface area contributed by atoms with E-state index in [4.69, 9.17) is 10.5 Å². The largest absolute Gasteiger partial charge is 0.457 e. The normalized spacial score (nSPS) is 22.7. The molecule has 1 amide bonds. The lowest BCUT2D eigenvalue weighted by Gasteiger charge is -2.42. The first-order chi connectivity index (χ1) is 10.6. The highest BCUT2D eigenvalue weighted by Crippen LogP contribution is 2.31. The molecule has 0 spiro atoms. The number of ether oxygens (including phenoxy) is 1. The number of rotatable bonds is 4. The molecule has 0 radical (unpaired) electrons. The number of morpholine rings is 1. The fourth-order valence-electron chi connectivity index (χ4n) is 3.22. The standard InChI is InChI=1S/C18H26N2O3/c1-11(2)12-6-8-13(9-7-12)14(16(19)21)15-17(22)23-18(3,4)10-20(15)5/h6-9,11,14-15H,10H2,1-5H3,(H2,19,21). The summed E-state index contributed by atoms with van der Waals surface area (Å²) >= 11 is 0. The minimum Gasteiger partial charge on any atom is -0.457 e. The highest BCUT2D eigenvalue weighted by atomic mass is 16.6. The lowest BCUT2D eigenvalue weighted by Crippen LogP contribution is -2.58. The van der Waals surface area contributed by atoms with Crippen LogP contribution in [0.1, 0.15) is 50.7 Å². The molecular weight excluding hydrogens is 292 g/mol. The molecule has 5 nitrogen and oxygen atoms in total. The maximum Gasteiger partial charge on any atom is 0.325 e. The average Bonchev–Trinajstić information content (AvgIpc) is 2.41. The van der Waals surface area contributed by atoms with E-state index in [0.717, 1.165) is 5.56 Å². The van der Waals surface area contributed by atoms with Crippen LogP contribution in [0.15, 0.2) is 24.3 Å². The molecule has 5 heteroatoms. The third-order valence-corrected chi connectivity index (χ3v) is 4.31. The molecule has 0 aromatic heterocycles. The van der Waals surface area contributed by atoms with Crippen LogP contribution in [-0.2, 0) is 14.3 Å². The number of nitrogens with two attached hydrogens (primary N) is 1. The number of nitrogens with zero attached hydrogens (tertiary/aromatic N) is 1. The fourth-order valence-corrected chi connectivity index (χ4v) is 3.22. The molecule has 23 heavy (non-hydrogen) atoms. The van der Waals surface area contributed by atoms with E-state index in [1.165, 1.54) is 5.56 Å². The summed E-state index contributed by atoms with van der Waals surface area (Å²) in [6.45, 7) is 8.48. The maximum absolute atomic E-state index is 12.4. The SMILES string of the molecule is CC(C)c1ccc(C(C(N)=O)C2C(=O)OC(C)(C)CN2C)cc1. The van der Waals surface area contributed by atoms with Crippen LogP contribution in [0.2, 0.25) is 0 Å². The van der Waals surface area contributed by atoms with Gasteiger partial charge < -0.3 is 10.5 Å². The molecule has 0 bridgehead atoms. The van der Waals surface area contributed by atoms with Gasteiger partial charge in [-0.05, 0) is 37.9 Å². The Kier molecular flexibility index (Phi) is 4.80. The van der Waals surface area contributed by atoms with Crippen molar-refractivity contribution in [3.63, 3.8) is 0 Å². The summed E-state index contributed by atoms with van der Waals surface area (Å²) in [5, 5.41) is 0. The molecule has 2 rings (SSSR count). The van der Waals surface area contributed by atoms with Crippen molar-refractivity contribution >= 4 is 11.9 Å². The van der Waals surface area contributed by atoms with Crippen molar-refractivity contribution in [1.29, 1.82) is 0 Å². The van der Waals surface area contributed by atoms with E-state index < -0.39 is 29.4 Å². The average molecular weight is 318 g/mol. The molecular formula is C18H26N2O3. The summed E-state index contributed by atoms with van der Waals surface area (Å²) in [7, 11) is 1.82. The summed E-state index contributed by atoms with van der Waals surface area (Å²) < 4.78 is 5.48. The van der Waals surface area contributed by atoms with Gasteiger partial charge in [-0.15, -0.1) is 0 Å². The Hall–Kier alpha value is -1.88. The highest BCUT2D eigenvalue weighted by Gasteiger charge is 2.45. The lowest BCUT2D eigenvalue weighted by atomic mass is 9.86. The second kappa shape index (κ2) is 6.32. The summed E-state index contributed by atoms with van der Waals surface area (Å²) in [4.78, 5) is 26.4. The second-order valence-corrected chi connectivity index (χ2v) is 7.24.